The summed E-state index contributed by atoms with van der Waals surface area (Å²) in [6.45, 7) is 14.8. The van der Waals surface area contributed by atoms with Crippen molar-refractivity contribution in [3.63, 3.8) is 0 Å². The number of piperidine rings is 1. The minimum Gasteiger partial charge on any atom is -0.444 e. The predicted octanol–water partition coefficient (Wildman–Crippen LogP) is 3.23. The molecule has 4 nitrogen and oxygen atoms in total. The maximum Gasteiger partial charge on any atom is 0.411 e. The molecule has 1 aliphatic heterocycles. The lowest BCUT2D eigenvalue weighted by Gasteiger charge is -2.28. The molecule has 0 radical (unpaired) electrons. The summed E-state index contributed by atoms with van der Waals surface area (Å²) >= 11 is 0. The maximum absolute atomic E-state index is 11.4. The quantitative estimate of drug-likeness (QED) is 0.861. The monoisotopic (exact) mass is 278 g/mol. The van der Waals surface area contributed by atoms with Gasteiger partial charge >= 0.3 is 6.09 Å². The minimum atomic E-state index is -0.477. The molecule has 1 aliphatic rings. The van der Waals surface area contributed by atoms with E-state index in [4.69, 9.17) is 4.74 Å². The number of likely N-dealkylation sites (tertiary alicyclic amines) is 1. The van der Waals surface area contributed by atoms with Crippen LogP contribution >= 0.6 is 0 Å². The summed E-state index contributed by atoms with van der Waals surface area (Å²) in [5, 5.41) is 2.59. The number of amides is 1. The van der Waals surface area contributed by atoms with Gasteiger partial charge in [-0.2, -0.15) is 0 Å². The Hall–Kier alpha value is -1.55. The van der Waals surface area contributed by atoms with Gasteiger partial charge in [-0.15, -0.1) is 0 Å². The number of hydrogen-bond donors (Lipinski definition) is 1. The van der Waals surface area contributed by atoms with Crippen molar-refractivity contribution in [1.29, 1.82) is 0 Å². The van der Waals surface area contributed by atoms with Gasteiger partial charge in [0.1, 0.15) is 5.60 Å². The fourth-order valence-corrected chi connectivity index (χ4v) is 1.91. The van der Waals surface area contributed by atoms with Gasteiger partial charge in [0.05, 0.1) is 0 Å². The van der Waals surface area contributed by atoms with Crippen LogP contribution in [-0.2, 0) is 4.74 Å². The van der Waals surface area contributed by atoms with Crippen molar-refractivity contribution < 1.29 is 9.53 Å². The van der Waals surface area contributed by atoms with E-state index in [9.17, 15) is 4.79 Å². The highest BCUT2D eigenvalue weighted by Gasteiger charge is 2.15. The lowest BCUT2D eigenvalue weighted by molar-refractivity contribution is 0.0552. The molecular weight excluding hydrogens is 252 g/mol. The van der Waals surface area contributed by atoms with Gasteiger partial charge in [-0.3, -0.25) is 10.2 Å². The third-order valence-electron chi connectivity index (χ3n) is 3.02. The molecule has 0 bridgehead atoms. The van der Waals surface area contributed by atoms with Crippen molar-refractivity contribution in [3.8, 4) is 0 Å². The van der Waals surface area contributed by atoms with E-state index in [1.54, 1.807) is 6.20 Å². The van der Waals surface area contributed by atoms with Crippen LogP contribution in [0.2, 0.25) is 0 Å². The number of carbonyl (C=O) groups is 1. The highest BCUT2D eigenvalue weighted by atomic mass is 16.6. The number of carbonyl (C=O) groups excluding carboxylic acids is 1. The maximum atomic E-state index is 11.4. The lowest BCUT2D eigenvalue weighted by atomic mass is 9.99. The molecule has 4 heteroatoms. The van der Waals surface area contributed by atoms with E-state index in [0.717, 1.165) is 26.1 Å². The van der Waals surface area contributed by atoms with Gasteiger partial charge in [0.2, 0.25) is 0 Å². The third kappa shape index (κ3) is 6.06. The van der Waals surface area contributed by atoms with Gasteiger partial charge in [0.15, 0.2) is 0 Å². The number of nitrogens with one attached hydrogen (secondary N) is 1. The molecule has 0 spiro atoms. The van der Waals surface area contributed by atoms with Crippen molar-refractivity contribution in [1.82, 2.24) is 10.2 Å². The summed E-state index contributed by atoms with van der Waals surface area (Å²) in [5.41, 5.74) is 1.92. The Balaban J connectivity index is 2.47. The smallest absolute Gasteiger partial charge is 0.411 e. The Bertz CT molecular complexity index is 417. The van der Waals surface area contributed by atoms with Crippen LogP contribution in [0.1, 0.15) is 34.1 Å². The molecule has 0 aromatic carbocycles. The first-order valence-corrected chi connectivity index (χ1v) is 7.07. The van der Waals surface area contributed by atoms with Gasteiger partial charge in [-0.1, -0.05) is 19.6 Å². The van der Waals surface area contributed by atoms with Crippen LogP contribution in [0.15, 0.2) is 36.1 Å². The first-order valence-electron chi connectivity index (χ1n) is 7.07. The van der Waals surface area contributed by atoms with E-state index in [2.05, 4.69) is 23.7 Å². The molecule has 1 fully saturated rings. The number of nitrogens with zero attached hydrogens (tertiary/aromatic N) is 1. The van der Waals surface area contributed by atoms with Crippen LogP contribution in [-0.4, -0.2) is 36.2 Å². The molecule has 1 N–H and O–H groups in total. The molecule has 112 valence electrons. The highest BCUT2D eigenvalue weighted by Crippen LogP contribution is 2.19. The van der Waals surface area contributed by atoms with Crippen LogP contribution < -0.4 is 5.32 Å². The molecule has 0 aromatic heterocycles. The normalized spacial score (nSPS) is 19.6. The molecule has 1 saturated heterocycles. The van der Waals surface area contributed by atoms with Crippen LogP contribution in [0.4, 0.5) is 4.79 Å². The number of rotatable bonds is 3. The Morgan fingerprint density at radius 1 is 1.50 bits per heavy atom. The average Bonchev–Trinajstić information content (AvgIpc) is 2.34. The van der Waals surface area contributed by atoms with E-state index in [1.807, 2.05) is 32.9 Å². The molecule has 1 rings (SSSR count). The summed E-state index contributed by atoms with van der Waals surface area (Å²) in [5.74, 6) is 0. The fraction of sp³-hybridized carbons (Fsp3) is 0.562. The Labute approximate surface area is 122 Å². The number of hydrogen-bond acceptors (Lipinski definition) is 3. The molecule has 1 heterocycles. The first-order chi connectivity index (χ1) is 9.31. The molecule has 0 aliphatic carbocycles. The van der Waals surface area contributed by atoms with Crippen molar-refractivity contribution >= 4 is 6.09 Å². The Morgan fingerprint density at radius 2 is 2.20 bits per heavy atom. The standard InChI is InChI=1S/C16H26N2O2/c1-6-18-11-9-13(2)14(12-18)8-7-10-17-15(19)20-16(3,4)5/h7-8,10H,2,6,9,11-12H2,1,3-5H3,(H,17,19)/b10-7+,14-8-. The minimum absolute atomic E-state index is 0.440. The first kappa shape index (κ1) is 16.5. The largest absolute Gasteiger partial charge is 0.444 e. The van der Waals surface area contributed by atoms with Gasteiger partial charge in [-0.05, 0) is 51.0 Å². The van der Waals surface area contributed by atoms with E-state index in [0.29, 0.717) is 0 Å². The number of ether oxygens (including phenoxy) is 1. The zero-order chi connectivity index (χ0) is 15.2. The number of alkyl carbamates (subject to hydrolysis) is 1. The summed E-state index contributed by atoms with van der Waals surface area (Å²) in [6.07, 6.45) is 5.99. The van der Waals surface area contributed by atoms with Crippen molar-refractivity contribution in [2.75, 3.05) is 19.6 Å². The Kier molecular flexibility index (Phi) is 6.02. The second-order valence-corrected chi connectivity index (χ2v) is 5.92. The Morgan fingerprint density at radius 3 is 2.80 bits per heavy atom. The summed E-state index contributed by atoms with van der Waals surface area (Å²) in [6, 6.07) is 0. The third-order valence-corrected chi connectivity index (χ3v) is 3.02. The molecular formula is C16H26N2O2. The molecule has 0 atom stereocenters. The molecule has 1 amide bonds. The number of likely N-dealkylation sites (N-methyl/N-ethyl adjacent to an activating group) is 1. The summed E-state index contributed by atoms with van der Waals surface area (Å²) in [7, 11) is 0. The van der Waals surface area contributed by atoms with Crippen LogP contribution in [0.5, 0.6) is 0 Å². The van der Waals surface area contributed by atoms with Crippen LogP contribution in [0, 0.1) is 0 Å². The van der Waals surface area contributed by atoms with E-state index >= 15 is 0 Å². The van der Waals surface area contributed by atoms with Gasteiger partial charge in [0, 0.05) is 19.3 Å². The van der Waals surface area contributed by atoms with Crippen LogP contribution in [0.3, 0.4) is 0 Å². The topological polar surface area (TPSA) is 41.6 Å². The van der Waals surface area contributed by atoms with E-state index < -0.39 is 11.7 Å². The average molecular weight is 278 g/mol. The fourth-order valence-electron chi connectivity index (χ4n) is 1.91. The molecule has 0 aromatic rings. The van der Waals surface area contributed by atoms with Gasteiger partial charge in [0.25, 0.3) is 0 Å². The summed E-state index contributed by atoms with van der Waals surface area (Å²) < 4.78 is 5.14. The van der Waals surface area contributed by atoms with E-state index in [-0.39, 0.29) is 0 Å². The molecule has 0 unspecified atom stereocenters. The SMILES string of the molecule is C=C1CCN(CC)C/C1=C/C=C/NC(=O)OC(C)(C)C. The van der Waals surface area contributed by atoms with Crippen LogP contribution in [0.25, 0.3) is 0 Å². The second-order valence-electron chi connectivity index (χ2n) is 5.92. The molecule has 0 saturated carbocycles. The van der Waals surface area contributed by atoms with Crippen molar-refractivity contribution in [2.45, 2.75) is 39.7 Å². The van der Waals surface area contributed by atoms with Crippen molar-refractivity contribution in [3.05, 3.63) is 36.1 Å². The zero-order valence-corrected chi connectivity index (χ0v) is 13.0. The van der Waals surface area contributed by atoms with Crippen molar-refractivity contribution in [2.24, 2.45) is 0 Å². The summed E-state index contributed by atoms with van der Waals surface area (Å²) in [4.78, 5) is 13.8. The van der Waals surface area contributed by atoms with Gasteiger partial charge < -0.3 is 4.74 Å². The predicted molar refractivity (Wildman–Crippen MR) is 82.5 cm³/mol. The molecule has 20 heavy (non-hydrogen) atoms. The zero-order valence-electron chi connectivity index (χ0n) is 13.0. The van der Waals surface area contributed by atoms with E-state index in [1.165, 1.54) is 11.1 Å². The number of allylic oxidation sites excluding steroid dienone is 2. The lowest BCUT2D eigenvalue weighted by Crippen LogP contribution is -2.31. The highest BCUT2D eigenvalue weighted by molar-refractivity contribution is 5.68. The van der Waals surface area contributed by atoms with Gasteiger partial charge in [-0.25, -0.2) is 4.79 Å². The second kappa shape index (κ2) is 7.29.